The molecule has 2 aliphatic carbocycles. The van der Waals surface area contributed by atoms with Crippen molar-refractivity contribution in [3.63, 3.8) is 0 Å². The van der Waals surface area contributed by atoms with E-state index >= 15 is 0 Å². The third-order valence-electron chi connectivity index (χ3n) is 7.85. The van der Waals surface area contributed by atoms with Crippen molar-refractivity contribution >= 4 is 11.6 Å². The highest BCUT2D eigenvalue weighted by Gasteiger charge is 2.27. The van der Waals surface area contributed by atoms with Gasteiger partial charge in [-0.2, -0.15) is 0 Å². The molecule has 0 aromatic rings. The molecule has 0 aromatic carbocycles. The molecule has 2 heteroatoms. The van der Waals surface area contributed by atoms with Gasteiger partial charge in [0.2, 0.25) is 0 Å². The summed E-state index contributed by atoms with van der Waals surface area (Å²) in [5, 5.41) is 0. The number of carbonyl (C=O) groups excluding carboxylic acids is 2. The lowest BCUT2D eigenvalue weighted by Gasteiger charge is -2.20. The van der Waals surface area contributed by atoms with Crippen LogP contribution in [0.25, 0.3) is 0 Å². The average Bonchev–Trinajstić information content (AvgIpc) is 2.93. The Bertz CT molecular complexity index is 880. The molecule has 0 radical (unpaired) electrons. The smallest absolute Gasteiger partial charge is 0.185 e. The van der Waals surface area contributed by atoms with Crippen molar-refractivity contribution in [2.45, 2.75) is 153 Å². The molecule has 216 valence electrons. The first kappa shape index (κ1) is 36.0. The van der Waals surface area contributed by atoms with Gasteiger partial charge >= 0.3 is 0 Å². The summed E-state index contributed by atoms with van der Waals surface area (Å²) in [6, 6.07) is 0. The molecule has 0 bridgehead atoms. The van der Waals surface area contributed by atoms with E-state index < -0.39 is 0 Å². The Morgan fingerprint density at radius 1 is 0.711 bits per heavy atom. The van der Waals surface area contributed by atoms with E-state index in [1.807, 2.05) is 34.6 Å². The molecule has 0 aromatic heterocycles. The molecule has 1 unspecified atom stereocenters. The van der Waals surface area contributed by atoms with Crippen LogP contribution in [0.5, 0.6) is 0 Å². The number of hydrogen-bond donors (Lipinski definition) is 0. The summed E-state index contributed by atoms with van der Waals surface area (Å²) in [6.45, 7) is 20.1. The first-order chi connectivity index (χ1) is 18.2. The zero-order chi connectivity index (χ0) is 29.1. The van der Waals surface area contributed by atoms with Crippen LogP contribution < -0.4 is 0 Å². The standard InChI is InChI=1S/C32H48O2.2C2H6/c1-23(13-10-14-24(2)17-12-20-29-18-8-7-9-19-29)15-11-16-25(3)21-22-30-28(6)31(33)26(4)27(5)32(30)34;2*1-2/h14-15,20,25H,7-13,16-19,21-22H2,1-6H3;2*1-2H3/b23-15+,24-14+;;. The zero-order valence-electron chi connectivity index (χ0n) is 26.8. The molecule has 1 atom stereocenters. The molecule has 0 spiro atoms. The van der Waals surface area contributed by atoms with Gasteiger partial charge in [-0.15, -0.1) is 0 Å². The molecule has 1 fully saturated rings. The van der Waals surface area contributed by atoms with Gasteiger partial charge < -0.3 is 0 Å². The third kappa shape index (κ3) is 13.2. The molecule has 0 heterocycles. The maximum atomic E-state index is 12.6. The summed E-state index contributed by atoms with van der Waals surface area (Å²) < 4.78 is 0. The molecule has 1 saturated carbocycles. The minimum atomic E-state index is 0.0452. The van der Waals surface area contributed by atoms with Crippen LogP contribution in [0, 0.1) is 5.92 Å². The van der Waals surface area contributed by atoms with Gasteiger partial charge in [0.15, 0.2) is 11.6 Å². The lowest BCUT2D eigenvalue weighted by atomic mass is 9.82. The number of Topliss-reactive ketones (excluding diaryl/α,β-unsaturated/α-hetero) is 2. The number of carbonyl (C=O) groups is 2. The van der Waals surface area contributed by atoms with Gasteiger partial charge in [-0.05, 0) is 118 Å². The Morgan fingerprint density at radius 2 is 1.24 bits per heavy atom. The first-order valence-corrected chi connectivity index (χ1v) is 15.7. The molecule has 0 aliphatic heterocycles. The Balaban J connectivity index is 0.00000326. The largest absolute Gasteiger partial charge is 0.289 e. The normalized spacial score (nSPS) is 17.6. The van der Waals surface area contributed by atoms with Crippen LogP contribution in [-0.2, 0) is 9.59 Å². The zero-order valence-corrected chi connectivity index (χ0v) is 26.8. The predicted octanol–water partition coefficient (Wildman–Crippen LogP) is 11.4. The summed E-state index contributed by atoms with van der Waals surface area (Å²) in [4.78, 5) is 24.9. The topological polar surface area (TPSA) is 34.1 Å². The monoisotopic (exact) mass is 524 g/mol. The van der Waals surface area contributed by atoms with Crippen LogP contribution >= 0.6 is 0 Å². The van der Waals surface area contributed by atoms with Crippen molar-refractivity contribution in [2.24, 2.45) is 5.92 Å². The maximum Gasteiger partial charge on any atom is 0.185 e. The fraction of sp³-hybridized carbons (Fsp3) is 0.667. The number of allylic oxidation sites excluding steroid dienone is 10. The van der Waals surface area contributed by atoms with E-state index in [1.54, 1.807) is 19.4 Å². The molecule has 2 rings (SSSR count). The highest BCUT2D eigenvalue weighted by atomic mass is 16.1. The SMILES string of the molecule is CC.CC.CC1=C(C)C(=O)C(CCC(C)CC/C=C(\C)CC/C=C(\C)CCC=C2CCCCC2)=C(C)C1=O. The molecule has 38 heavy (non-hydrogen) atoms. The van der Waals surface area contributed by atoms with Crippen molar-refractivity contribution in [2.75, 3.05) is 0 Å². The second kappa shape index (κ2) is 20.9. The Hall–Kier alpha value is -1.96. The van der Waals surface area contributed by atoms with Gasteiger partial charge in [0.25, 0.3) is 0 Å². The van der Waals surface area contributed by atoms with E-state index in [2.05, 4.69) is 39.0 Å². The van der Waals surface area contributed by atoms with Gasteiger partial charge in [-0.3, -0.25) is 9.59 Å². The summed E-state index contributed by atoms with van der Waals surface area (Å²) in [6.07, 6.45) is 22.7. The van der Waals surface area contributed by atoms with Gasteiger partial charge in [0.05, 0.1) is 0 Å². The average molecular weight is 525 g/mol. The number of hydrogen-bond acceptors (Lipinski definition) is 2. The molecular weight excluding hydrogens is 464 g/mol. The van der Waals surface area contributed by atoms with E-state index in [4.69, 9.17) is 0 Å². The fourth-order valence-electron chi connectivity index (χ4n) is 5.07. The Morgan fingerprint density at radius 3 is 1.84 bits per heavy atom. The summed E-state index contributed by atoms with van der Waals surface area (Å²) in [5.41, 5.74) is 7.33. The summed E-state index contributed by atoms with van der Waals surface area (Å²) in [7, 11) is 0. The molecular formula is C36H60O2. The second-order valence-corrected chi connectivity index (χ2v) is 10.8. The van der Waals surface area contributed by atoms with Crippen molar-refractivity contribution in [3.05, 3.63) is 57.2 Å². The quantitative estimate of drug-likeness (QED) is 0.188. The van der Waals surface area contributed by atoms with Crippen molar-refractivity contribution in [1.82, 2.24) is 0 Å². The van der Waals surface area contributed by atoms with Crippen LogP contribution in [0.1, 0.15) is 153 Å². The van der Waals surface area contributed by atoms with Crippen LogP contribution in [-0.4, -0.2) is 11.6 Å². The van der Waals surface area contributed by atoms with Crippen LogP contribution in [0.2, 0.25) is 0 Å². The summed E-state index contributed by atoms with van der Waals surface area (Å²) >= 11 is 0. The van der Waals surface area contributed by atoms with Crippen molar-refractivity contribution in [3.8, 4) is 0 Å². The molecule has 0 saturated heterocycles. The van der Waals surface area contributed by atoms with Gasteiger partial charge in [0, 0.05) is 22.3 Å². The van der Waals surface area contributed by atoms with E-state index in [0.717, 1.165) is 37.7 Å². The number of ketones is 2. The second-order valence-electron chi connectivity index (χ2n) is 10.8. The van der Waals surface area contributed by atoms with Crippen molar-refractivity contribution < 1.29 is 9.59 Å². The van der Waals surface area contributed by atoms with E-state index in [-0.39, 0.29) is 11.6 Å². The minimum Gasteiger partial charge on any atom is -0.289 e. The van der Waals surface area contributed by atoms with Gasteiger partial charge in [0.1, 0.15) is 0 Å². The van der Waals surface area contributed by atoms with Crippen molar-refractivity contribution in [1.29, 1.82) is 0 Å². The lowest BCUT2D eigenvalue weighted by molar-refractivity contribution is -0.116. The van der Waals surface area contributed by atoms with E-state index in [9.17, 15) is 9.59 Å². The van der Waals surface area contributed by atoms with E-state index in [0.29, 0.717) is 29.1 Å². The molecule has 2 nitrogen and oxygen atoms in total. The van der Waals surface area contributed by atoms with E-state index in [1.165, 1.54) is 56.1 Å². The number of rotatable bonds is 12. The first-order valence-electron chi connectivity index (χ1n) is 15.7. The molecule has 0 N–H and O–H groups in total. The van der Waals surface area contributed by atoms with Crippen LogP contribution in [0.3, 0.4) is 0 Å². The minimum absolute atomic E-state index is 0.0452. The third-order valence-corrected chi connectivity index (χ3v) is 7.85. The Labute approximate surface area is 236 Å². The highest BCUT2D eigenvalue weighted by molar-refractivity contribution is 6.24. The highest BCUT2D eigenvalue weighted by Crippen LogP contribution is 2.29. The summed E-state index contributed by atoms with van der Waals surface area (Å²) in [5.74, 6) is 0.662. The van der Waals surface area contributed by atoms with Gasteiger partial charge in [-0.1, -0.05) is 76.0 Å². The molecule has 2 aliphatic rings. The Kier molecular flexibility index (Phi) is 19.9. The maximum absolute atomic E-state index is 12.6. The predicted molar refractivity (Wildman–Crippen MR) is 169 cm³/mol. The lowest BCUT2D eigenvalue weighted by Crippen LogP contribution is -2.21. The van der Waals surface area contributed by atoms with Gasteiger partial charge in [-0.25, -0.2) is 0 Å². The van der Waals surface area contributed by atoms with Crippen LogP contribution in [0.15, 0.2) is 57.2 Å². The molecule has 0 amide bonds. The fourth-order valence-corrected chi connectivity index (χ4v) is 5.07. The van der Waals surface area contributed by atoms with Crippen LogP contribution in [0.4, 0.5) is 0 Å².